The van der Waals surface area contributed by atoms with Gasteiger partial charge in [0.1, 0.15) is 12.7 Å². The zero-order chi connectivity index (χ0) is 16.3. The van der Waals surface area contributed by atoms with Crippen molar-refractivity contribution in [2.75, 3.05) is 13.1 Å². The molecule has 0 unspecified atom stereocenters. The number of halogens is 1. The van der Waals surface area contributed by atoms with E-state index >= 15 is 0 Å². The topological polar surface area (TPSA) is 67.1 Å². The first-order valence-electron chi connectivity index (χ1n) is 7.87. The fourth-order valence-electron chi connectivity index (χ4n) is 2.10. The van der Waals surface area contributed by atoms with E-state index < -0.39 is 0 Å². The van der Waals surface area contributed by atoms with Gasteiger partial charge in [-0.15, -0.1) is 10.2 Å². The molecule has 0 aliphatic heterocycles. The number of aromatic nitrogens is 3. The van der Waals surface area contributed by atoms with E-state index in [2.05, 4.69) is 32.7 Å². The molecule has 0 saturated heterocycles. The molecule has 2 aromatic rings. The third kappa shape index (κ3) is 6.28. The second kappa shape index (κ2) is 9.84. The number of guanidine groups is 1. The highest BCUT2D eigenvalue weighted by Crippen LogP contribution is 2.15. The Kier molecular flexibility index (Phi) is 7.39. The molecule has 6 nitrogen and oxygen atoms in total. The summed E-state index contributed by atoms with van der Waals surface area (Å²) in [5.41, 5.74) is 1.03. The largest absolute Gasteiger partial charge is 0.357 e. The third-order valence-corrected chi connectivity index (χ3v) is 3.68. The monoisotopic (exact) mass is 334 g/mol. The molecule has 2 N–H and O–H groups in total. The normalized spacial score (nSPS) is 11.5. The fraction of sp³-hybridized carbons (Fsp3) is 0.438. The number of nitrogens with zero attached hydrogens (tertiary/aromatic N) is 4. The van der Waals surface area contributed by atoms with Gasteiger partial charge in [-0.2, -0.15) is 0 Å². The Balaban J connectivity index is 1.74. The first-order valence-corrected chi connectivity index (χ1v) is 8.25. The van der Waals surface area contributed by atoms with E-state index in [9.17, 15) is 0 Å². The molecule has 1 heterocycles. The van der Waals surface area contributed by atoms with Crippen LogP contribution in [0.4, 0.5) is 0 Å². The average Bonchev–Trinajstić information content (AvgIpc) is 3.07. The lowest BCUT2D eigenvalue weighted by atomic mass is 10.2. The molecule has 1 aromatic heterocycles. The maximum Gasteiger partial charge on any atom is 0.191 e. The molecule has 0 radical (unpaired) electrons. The summed E-state index contributed by atoms with van der Waals surface area (Å²) in [5.74, 6) is 0.816. The molecule has 0 fully saturated rings. The zero-order valence-electron chi connectivity index (χ0n) is 13.4. The molecule has 0 aliphatic carbocycles. The zero-order valence-corrected chi connectivity index (χ0v) is 14.1. The smallest absolute Gasteiger partial charge is 0.191 e. The van der Waals surface area contributed by atoms with Crippen LogP contribution < -0.4 is 10.6 Å². The molecule has 0 amide bonds. The van der Waals surface area contributed by atoms with Gasteiger partial charge in [0.25, 0.3) is 0 Å². The Morgan fingerprint density at radius 3 is 2.70 bits per heavy atom. The predicted molar refractivity (Wildman–Crippen MR) is 93.5 cm³/mol. The van der Waals surface area contributed by atoms with Gasteiger partial charge in [0.05, 0.1) is 6.54 Å². The summed E-state index contributed by atoms with van der Waals surface area (Å²) in [5, 5.41) is 14.9. The minimum absolute atomic E-state index is 0.565. The van der Waals surface area contributed by atoms with E-state index in [1.807, 2.05) is 28.8 Å². The van der Waals surface area contributed by atoms with Crippen LogP contribution in [0.25, 0.3) is 0 Å². The van der Waals surface area contributed by atoms with Gasteiger partial charge >= 0.3 is 0 Å². The first-order chi connectivity index (χ1) is 11.3. The van der Waals surface area contributed by atoms with Gasteiger partial charge in [-0.05, 0) is 31.4 Å². The van der Waals surface area contributed by atoms with Crippen molar-refractivity contribution in [2.24, 2.45) is 4.99 Å². The van der Waals surface area contributed by atoms with Crippen LogP contribution in [-0.2, 0) is 13.1 Å². The van der Waals surface area contributed by atoms with Crippen molar-refractivity contribution in [2.45, 2.75) is 32.9 Å². The van der Waals surface area contributed by atoms with Crippen LogP contribution in [0.5, 0.6) is 0 Å². The quantitative estimate of drug-likeness (QED) is 0.442. The minimum Gasteiger partial charge on any atom is -0.357 e. The lowest BCUT2D eigenvalue weighted by molar-refractivity contribution is 0.598. The number of aryl methyl sites for hydroxylation is 1. The summed E-state index contributed by atoms with van der Waals surface area (Å²) in [6.07, 6.45) is 5.59. The van der Waals surface area contributed by atoms with E-state index in [-0.39, 0.29) is 0 Å². The van der Waals surface area contributed by atoms with Crippen LogP contribution in [0.1, 0.15) is 25.3 Å². The van der Waals surface area contributed by atoms with Crippen molar-refractivity contribution in [3.05, 3.63) is 47.5 Å². The van der Waals surface area contributed by atoms with Crippen LogP contribution in [0.3, 0.4) is 0 Å². The molecule has 124 valence electrons. The summed E-state index contributed by atoms with van der Waals surface area (Å²) in [7, 11) is 0. The van der Waals surface area contributed by atoms with Crippen molar-refractivity contribution in [3.63, 3.8) is 0 Å². The number of hydrogen-bond acceptors (Lipinski definition) is 3. The number of aliphatic imine (C=N–C) groups is 1. The SMILES string of the molecule is CCNC(=NCc1ccccc1Cl)NCCCCn1cnnc1. The van der Waals surface area contributed by atoms with Gasteiger partial charge in [0.15, 0.2) is 5.96 Å². The van der Waals surface area contributed by atoms with E-state index in [1.54, 1.807) is 12.7 Å². The standard InChI is InChI=1S/C16H23ClN6/c1-2-18-16(20-11-14-7-3-4-8-15(14)17)19-9-5-6-10-23-12-21-22-13-23/h3-4,7-8,12-13H,2,5-6,9-11H2,1H3,(H2,18,19,20). The van der Waals surface area contributed by atoms with Crippen molar-refractivity contribution in [1.82, 2.24) is 25.4 Å². The molecule has 0 saturated carbocycles. The Morgan fingerprint density at radius 2 is 1.96 bits per heavy atom. The van der Waals surface area contributed by atoms with E-state index in [1.165, 1.54) is 0 Å². The lowest BCUT2D eigenvalue weighted by Gasteiger charge is -2.11. The Bertz CT molecular complexity index is 596. The van der Waals surface area contributed by atoms with E-state index in [4.69, 9.17) is 11.6 Å². The van der Waals surface area contributed by atoms with Gasteiger partial charge in [-0.1, -0.05) is 29.8 Å². The Hall–Kier alpha value is -2.08. The average molecular weight is 335 g/mol. The molecule has 0 aliphatic rings. The second-order valence-electron chi connectivity index (χ2n) is 5.12. The van der Waals surface area contributed by atoms with Gasteiger partial charge in [0.2, 0.25) is 0 Å². The van der Waals surface area contributed by atoms with Crippen LogP contribution in [-0.4, -0.2) is 33.8 Å². The van der Waals surface area contributed by atoms with E-state index in [0.29, 0.717) is 6.54 Å². The van der Waals surface area contributed by atoms with Crippen LogP contribution in [0.15, 0.2) is 41.9 Å². The highest BCUT2D eigenvalue weighted by Gasteiger charge is 2.00. The number of hydrogen-bond donors (Lipinski definition) is 2. The lowest BCUT2D eigenvalue weighted by Crippen LogP contribution is -2.37. The molecular weight excluding hydrogens is 312 g/mol. The molecule has 1 aromatic carbocycles. The second-order valence-corrected chi connectivity index (χ2v) is 5.53. The third-order valence-electron chi connectivity index (χ3n) is 3.31. The maximum absolute atomic E-state index is 6.16. The van der Waals surface area contributed by atoms with Gasteiger partial charge in [-0.3, -0.25) is 0 Å². The maximum atomic E-state index is 6.16. The number of nitrogens with one attached hydrogen (secondary N) is 2. The molecular formula is C16H23ClN6. The predicted octanol–water partition coefficient (Wildman–Crippen LogP) is 2.47. The highest BCUT2D eigenvalue weighted by atomic mass is 35.5. The van der Waals surface area contributed by atoms with Crippen molar-refractivity contribution in [3.8, 4) is 0 Å². The van der Waals surface area contributed by atoms with Gasteiger partial charge in [-0.25, -0.2) is 4.99 Å². The van der Waals surface area contributed by atoms with Crippen molar-refractivity contribution < 1.29 is 0 Å². The van der Waals surface area contributed by atoms with Crippen molar-refractivity contribution >= 4 is 17.6 Å². The summed E-state index contributed by atoms with van der Waals surface area (Å²) in [6, 6.07) is 7.78. The molecule has 0 spiro atoms. The molecule has 2 rings (SSSR count). The van der Waals surface area contributed by atoms with Crippen LogP contribution in [0.2, 0.25) is 5.02 Å². The number of benzene rings is 1. The highest BCUT2D eigenvalue weighted by molar-refractivity contribution is 6.31. The fourth-order valence-corrected chi connectivity index (χ4v) is 2.29. The van der Waals surface area contributed by atoms with Crippen LogP contribution >= 0.6 is 11.6 Å². The molecule has 23 heavy (non-hydrogen) atoms. The minimum atomic E-state index is 0.565. The molecule has 0 atom stereocenters. The van der Waals surface area contributed by atoms with Gasteiger partial charge in [0, 0.05) is 24.7 Å². The first kappa shape index (κ1) is 17.3. The summed E-state index contributed by atoms with van der Waals surface area (Å²) in [6.45, 7) is 5.25. The molecule has 0 bridgehead atoms. The van der Waals surface area contributed by atoms with Crippen molar-refractivity contribution in [1.29, 1.82) is 0 Å². The Morgan fingerprint density at radius 1 is 1.17 bits per heavy atom. The summed E-state index contributed by atoms with van der Waals surface area (Å²) in [4.78, 5) is 4.58. The summed E-state index contributed by atoms with van der Waals surface area (Å²) >= 11 is 6.16. The number of unbranched alkanes of at least 4 members (excludes halogenated alkanes) is 1. The van der Waals surface area contributed by atoms with Crippen LogP contribution in [0, 0.1) is 0 Å². The summed E-state index contributed by atoms with van der Waals surface area (Å²) < 4.78 is 1.98. The number of rotatable bonds is 8. The molecule has 7 heteroatoms. The Labute approximate surface area is 142 Å². The van der Waals surface area contributed by atoms with E-state index in [0.717, 1.165) is 49.0 Å². The van der Waals surface area contributed by atoms with Gasteiger partial charge < -0.3 is 15.2 Å².